The second-order valence-corrected chi connectivity index (χ2v) is 5.94. The first-order chi connectivity index (χ1) is 11.2. The molecule has 0 radical (unpaired) electrons. The fourth-order valence-corrected chi connectivity index (χ4v) is 3.27. The molecule has 7 nitrogen and oxygen atoms in total. The average Bonchev–Trinajstić information content (AvgIpc) is 3.18. The zero-order chi connectivity index (χ0) is 15.8. The van der Waals surface area contributed by atoms with Crippen LogP contribution in [0.3, 0.4) is 0 Å². The Balaban J connectivity index is 1.55. The van der Waals surface area contributed by atoms with Gasteiger partial charge in [-0.2, -0.15) is 5.10 Å². The molecule has 4 rings (SSSR count). The number of amides is 2. The van der Waals surface area contributed by atoms with Gasteiger partial charge in [0.15, 0.2) is 5.82 Å². The first-order valence-electron chi connectivity index (χ1n) is 7.84. The van der Waals surface area contributed by atoms with Crippen LogP contribution in [-0.2, 0) is 14.3 Å². The summed E-state index contributed by atoms with van der Waals surface area (Å²) < 4.78 is 5.28. The number of benzene rings is 1. The summed E-state index contributed by atoms with van der Waals surface area (Å²) in [6.45, 7) is 2.74. The van der Waals surface area contributed by atoms with Crippen molar-refractivity contribution in [3.63, 3.8) is 0 Å². The Kier molecular flexibility index (Phi) is 3.49. The van der Waals surface area contributed by atoms with Crippen LogP contribution in [0.1, 0.15) is 6.42 Å². The lowest BCUT2D eigenvalue weighted by molar-refractivity contribution is -0.139. The summed E-state index contributed by atoms with van der Waals surface area (Å²) in [6.07, 6.45) is 0.247. The number of anilines is 1. The molecule has 1 atom stereocenters. The number of ether oxygens (including phenoxy) is 1. The number of para-hydroxylation sites is 1. The molecule has 0 aliphatic carbocycles. The van der Waals surface area contributed by atoms with Crippen LogP contribution in [0.15, 0.2) is 24.3 Å². The number of carbonyl (C=O) groups excluding carboxylic acids is 2. The van der Waals surface area contributed by atoms with Crippen LogP contribution < -0.4 is 4.90 Å². The lowest BCUT2D eigenvalue weighted by Crippen LogP contribution is -2.44. The van der Waals surface area contributed by atoms with Gasteiger partial charge in [0.05, 0.1) is 24.6 Å². The third kappa shape index (κ3) is 2.46. The Hall–Kier alpha value is -2.41. The van der Waals surface area contributed by atoms with Gasteiger partial charge in [0, 0.05) is 31.4 Å². The molecule has 2 amide bonds. The molecule has 3 heterocycles. The van der Waals surface area contributed by atoms with Crippen molar-refractivity contribution in [1.82, 2.24) is 15.1 Å². The maximum Gasteiger partial charge on any atom is 0.229 e. The van der Waals surface area contributed by atoms with Crippen molar-refractivity contribution in [1.29, 1.82) is 0 Å². The van der Waals surface area contributed by atoms with Gasteiger partial charge in [-0.05, 0) is 12.1 Å². The maximum atomic E-state index is 12.6. The molecular formula is C16H18N4O3. The number of fused-ring (bicyclic) bond motifs is 1. The van der Waals surface area contributed by atoms with Crippen LogP contribution in [0, 0.1) is 5.92 Å². The highest BCUT2D eigenvalue weighted by Crippen LogP contribution is 2.30. The quantitative estimate of drug-likeness (QED) is 0.888. The van der Waals surface area contributed by atoms with Gasteiger partial charge in [-0.15, -0.1) is 0 Å². The first kappa shape index (κ1) is 14.2. The molecule has 23 heavy (non-hydrogen) atoms. The van der Waals surface area contributed by atoms with E-state index in [1.165, 1.54) is 0 Å². The lowest BCUT2D eigenvalue weighted by atomic mass is 10.1. The fraction of sp³-hybridized carbons (Fsp3) is 0.438. The zero-order valence-electron chi connectivity index (χ0n) is 12.7. The minimum Gasteiger partial charge on any atom is -0.378 e. The maximum absolute atomic E-state index is 12.6. The summed E-state index contributed by atoms with van der Waals surface area (Å²) in [5.41, 5.74) is 0.887. The highest BCUT2D eigenvalue weighted by atomic mass is 16.5. The third-order valence-electron chi connectivity index (χ3n) is 4.50. The molecule has 2 fully saturated rings. The number of rotatable bonds is 2. The molecular weight excluding hydrogens is 296 g/mol. The first-order valence-corrected chi connectivity index (χ1v) is 7.84. The molecule has 0 spiro atoms. The van der Waals surface area contributed by atoms with E-state index in [1.54, 1.807) is 9.80 Å². The minimum atomic E-state index is -0.295. The number of morpholine rings is 1. The summed E-state index contributed by atoms with van der Waals surface area (Å²) in [6, 6.07) is 7.68. The van der Waals surface area contributed by atoms with Gasteiger partial charge in [0.1, 0.15) is 0 Å². The number of carbonyl (C=O) groups is 2. The molecule has 0 bridgehead atoms. The van der Waals surface area contributed by atoms with E-state index in [0.717, 1.165) is 10.9 Å². The molecule has 1 aromatic heterocycles. The highest BCUT2D eigenvalue weighted by Gasteiger charge is 2.38. The molecule has 0 saturated carbocycles. The van der Waals surface area contributed by atoms with Crippen LogP contribution in [0.4, 0.5) is 5.82 Å². The summed E-state index contributed by atoms with van der Waals surface area (Å²) in [7, 11) is 0. The normalized spacial score (nSPS) is 22.1. The van der Waals surface area contributed by atoms with E-state index in [4.69, 9.17) is 4.74 Å². The van der Waals surface area contributed by atoms with E-state index in [0.29, 0.717) is 38.7 Å². The summed E-state index contributed by atoms with van der Waals surface area (Å²) in [4.78, 5) is 28.4. The number of nitrogens with one attached hydrogen (secondary N) is 1. The molecule has 0 unspecified atom stereocenters. The lowest BCUT2D eigenvalue weighted by Gasteiger charge is -2.28. The van der Waals surface area contributed by atoms with Gasteiger partial charge in [-0.25, -0.2) is 0 Å². The van der Waals surface area contributed by atoms with Gasteiger partial charge >= 0.3 is 0 Å². The number of nitrogens with zero attached hydrogens (tertiary/aromatic N) is 3. The van der Waals surface area contributed by atoms with Gasteiger partial charge in [0.25, 0.3) is 0 Å². The number of aromatic nitrogens is 2. The number of H-pyrrole nitrogens is 1. The predicted octanol–water partition coefficient (Wildman–Crippen LogP) is 0.775. The van der Waals surface area contributed by atoms with Crippen molar-refractivity contribution >= 4 is 28.5 Å². The van der Waals surface area contributed by atoms with Gasteiger partial charge in [-0.1, -0.05) is 12.1 Å². The van der Waals surface area contributed by atoms with E-state index >= 15 is 0 Å². The third-order valence-corrected chi connectivity index (χ3v) is 4.50. The Bertz CT molecular complexity index is 751. The molecule has 2 aliphatic heterocycles. The van der Waals surface area contributed by atoms with Crippen molar-refractivity contribution in [2.75, 3.05) is 37.7 Å². The van der Waals surface area contributed by atoms with E-state index in [-0.39, 0.29) is 24.2 Å². The van der Waals surface area contributed by atoms with Crippen LogP contribution in [-0.4, -0.2) is 59.8 Å². The summed E-state index contributed by atoms with van der Waals surface area (Å²) >= 11 is 0. The molecule has 1 aromatic carbocycles. The summed E-state index contributed by atoms with van der Waals surface area (Å²) in [5, 5.41) is 8.11. The van der Waals surface area contributed by atoms with Crippen molar-refractivity contribution in [3.8, 4) is 0 Å². The topological polar surface area (TPSA) is 78.5 Å². The Morgan fingerprint density at radius 2 is 2.04 bits per heavy atom. The molecule has 120 valence electrons. The number of hydrogen-bond donors (Lipinski definition) is 1. The highest BCUT2D eigenvalue weighted by molar-refractivity contribution is 6.05. The largest absolute Gasteiger partial charge is 0.378 e. The molecule has 2 saturated heterocycles. The molecule has 1 N–H and O–H groups in total. The monoisotopic (exact) mass is 314 g/mol. The zero-order valence-corrected chi connectivity index (χ0v) is 12.7. The van der Waals surface area contributed by atoms with Crippen LogP contribution >= 0.6 is 0 Å². The number of aromatic amines is 1. The van der Waals surface area contributed by atoms with E-state index in [2.05, 4.69) is 10.2 Å². The SMILES string of the molecule is O=C([C@@H]1CC(=O)N(c2n[nH]c3ccccc23)C1)N1CCOCC1. The van der Waals surface area contributed by atoms with Gasteiger partial charge in [-0.3, -0.25) is 19.6 Å². The minimum absolute atomic E-state index is 0.0454. The molecule has 7 heteroatoms. The van der Waals surface area contributed by atoms with Crippen LogP contribution in [0.2, 0.25) is 0 Å². The predicted molar refractivity (Wildman–Crippen MR) is 84.0 cm³/mol. The second kappa shape index (κ2) is 5.66. The van der Waals surface area contributed by atoms with Crippen molar-refractivity contribution in [2.45, 2.75) is 6.42 Å². The Morgan fingerprint density at radius 3 is 2.87 bits per heavy atom. The van der Waals surface area contributed by atoms with Crippen molar-refractivity contribution in [2.24, 2.45) is 5.92 Å². The van der Waals surface area contributed by atoms with Crippen LogP contribution in [0.25, 0.3) is 10.9 Å². The van der Waals surface area contributed by atoms with Gasteiger partial charge in [0.2, 0.25) is 11.8 Å². The fourth-order valence-electron chi connectivity index (χ4n) is 3.27. The van der Waals surface area contributed by atoms with E-state index < -0.39 is 0 Å². The smallest absolute Gasteiger partial charge is 0.229 e. The van der Waals surface area contributed by atoms with Crippen LogP contribution in [0.5, 0.6) is 0 Å². The second-order valence-electron chi connectivity index (χ2n) is 5.94. The standard InChI is InChI=1S/C16H18N4O3/c21-14-9-11(16(22)19-5-7-23-8-6-19)10-20(14)15-12-3-1-2-4-13(12)17-18-15/h1-4,11H,5-10H2,(H,17,18)/t11-/m1/s1. The Morgan fingerprint density at radius 1 is 1.26 bits per heavy atom. The average molecular weight is 314 g/mol. The molecule has 2 aromatic rings. The van der Waals surface area contributed by atoms with E-state index in [9.17, 15) is 9.59 Å². The van der Waals surface area contributed by atoms with Crippen molar-refractivity contribution < 1.29 is 14.3 Å². The Labute approximate surface area is 133 Å². The summed E-state index contributed by atoms with van der Waals surface area (Å²) in [5.74, 6) is 0.316. The molecule has 2 aliphatic rings. The number of hydrogen-bond acceptors (Lipinski definition) is 4. The van der Waals surface area contributed by atoms with Crippen molar-refractivity contribution in [3.05, 3.63) is 24.3 Å². The van der Waals surface area contributed by atoms with Gasteiger partial charge < -0.3 is 9.64 Å². The van der Waals surface area contributed by atoms with E-state index in [1.807, 2.05) is 24.3 Å².